The van der Waals surface area contributed by atoms with E-state index in [4.69, 9.17) is 14.0 Å². The van der Waals surface area contributed by atoms with Gasteiger partial charge < -0.3 is 14.0 Å². The molecule has 0 unspecified atom stereocenters. The number of hydrogen-bond acceptors (Lipinski definition) is 3. The van der Waals surface area contributed by atoms with E-state index in [0.717, 1.165) is 18.5 Å². The molecule has 0 bridgehead atoms. The summed E-state index contributed by atoms with van der Waals surface area (Å²) in [4.78, 5) is 0. The summed E-state index contributed by atoms with van der Waals surface area (Å²) in [5.41, 5.74) is 0.756. The zero-order valence-electron chi connectivity index (χ0n) is 12.5. The van der Waals surface area contributed by atoms with Gasteiger partial charge in [0.1, 0.15) is 5.75 Å². The lowest BCUT2D eigenvalue weighted by molar-refractivity contribution is 0.00578. The van der Waals surface area contributed by atoms with E-state index in [1.807, 2.05) is 12.1 Å². The van der Waals surface area contributed by atoms with E-state index in [-0.39, 0.29) is 18.3 Å². The predicted octanol–water partition coefficient (Wildman–Crippen LogP) is 3.33. The molecule has 0 saturated carbocycles. The predicted molar refractivity (Wildman–Crippen MR) is 77.6 cm³/mol. The quantitative estimate of drug-likeness (QED) is 0.779. The van der Waals surface area contributed by atoms with Crippen LogP contribution in [0.1, 0.15) is 33.3 Å². The summed E-state index contributed by atoms with van der Waals surface area (Å²) in [6.45, 7) is 8.33. The molecular weight excluding hydrogens is 239 g/mol. The van der Waals surface area contributed by atoms with Gasteiger partial charge in [0.25, 0.3) is 0 Å². The van der Waals surface area contributed by atoms with Crippen LogP contribution in [-0.2, 0) is 15.7 Å². The molecule has 1 aliphatic rings. The van der Waals surface area contributed by atoms with Crippen LogP contribution in [0.5, 0.6) is 5.75 Å². The highest BCUT2D eigenvalue weighted by Crippen LogP contribution is 2.37. The molecular formula is C15H23BO3. The third-order valence-corrected chi connectivity index (χ3v) is 4.10. The van der Waals surface area contributed by atoms with Crippen LogP contribution in [0.25, 0.3) is 0 Å². The first-order chi connectivity index (χ1) is 8.84. The number of aryl methyl sites for hydroxylation is 1. The molecule has 0 aromatic heterocycles. The first-order valence-corrected chi connectivity index (χ1v) is 6.83. The minimum absolute atomic E-state index is 0.129. The van der Waals surface area contributed by atoms with Crippen molar-refractivity contribution in [1.29, 1.82) is 0 Å². The van der Waals surface area contributed by atoms with Crippen LogP contribution in [0.4, 0.5) is 0 Å². The van der Waals surface area contributed by atoms with E-state index >= 15 is 0 Å². The number of ether oxygens (including phenoxy) is 1. The molecule has 0 N–H and O–H groups in total. The molecule has 4 heteroatoms. The van der Waals surface area contributed by atoms with Crippen LogP contribution in [0.3, 0.4) is 0 Å². The second-order valence-corrected chi connectivity index (χ2v) is 6.08. The molecule has 0 spiro atoms. The van der Waals surface area contributed by atoms with Crippen LogP contribution in [0.2, 0.25) is 6.32 Å². The summed E-state index contributed by atoms with van der Waals surface area (Å²) in [7, 11) is 1.56. The average molecular weight is 262 g/mol. The summed E-state index contributed by atoms with van der Waals surface area (Å²) in [6, 6.07) is 8.13. The van der Waals surface area contributed by atoms with Gasteiger partial charge in [-0.1, -0.05) is 12.1 Å². The SMILES string of the molecule is COc1cccc(CCB2OC(C)(C)C(C)(C)O2)c1. The van der Waals surface area contributed by atoms with Crippen molar-refractivity contribution in [3.63, 3.8) is 0 Å². The Morgan fingerprint density at radius 1 is 1.11 bits per heavy atom. The number of methoxy groups -OCH3 is 1. The lowest BCUT2D eigenvalue weighted by Crippen LogP contribution is -2.41. The summed E-state index contributed by atoms with van der Waals surface area (Å²) < 4.78 is 17.2. The van der Waals surface area contributed by atoms with Gasteiger partial charge in [0.15, 0.2) is 0 Å². The number of hydrogen-bond donors (Lipinski definition) is 0. The molecule has 1 fully saturated rings. The summed E-state index contributed by atoms with van der Waals surface area (Å²) in [5.74, 6) is 0.895. The monoisotopic (exact) mass is 262 g/mol. The van der Waals surface area contributed by atoms with Gasteiger partial charge in [-0.2, -0.15) is 0 Å². The Hall–Kier alpha value is -0.995. The van der Waals surface area contributed by atoms with E-state index in [2.05, 4.69) is 39.8 Å². The van der Waals surface area contributed by atoms with Crippen molar-refractivity contribution in [2.24, 2.45) is 0 Å². The first-order valence-electron chi connectivity index (χ1n) is 6.83. The average Bonchev–Trinajstić information content (AvgIpc) is 2.56. The van der Waals surface area contributed by atoms with Crippen molar-refractivity contribution < 1.29 is 14.0 Å². The van der Waals surface area contributed by atoms with Crippen molar-refractivity contribution in [3.05, 3.63) is 29.8 Å². The molecule has 0 aliphatic carbocycles. The smallest absolute Gasteiger partial charge is 0.458 e. The van der Waals surface area contributed by atoms with Crippen LogP contribution in [0, 0.1) is 0 Å². The van der Waals surface area contributed by atoms with Crippen LogP contribution >= 0.6 is 0 Å². The molecule has 1 heterocycles. The molecule has 104 valence electrons. The zero-order valence-corrected chi connectivity index (χ0v) is 12.5. The topological polar surface area (TPSA) is 27.7 Å². The Labute approximate surface area is 116 Å². The second-order valence-electron chi connectivity index (χ2n) is 6.08. The molecule has 1 aromatic rings. The summed E-state index contributed by atoms with van der Waals surface area (Å²) in [5, 5.41) is 0. The van der Waals surface area contributed by atoms with E-state index in [9.17, 15) is 0 Å². The Kier molecular flexibility index (Phi) is 3.93. The third-order valence-electron chi connectivity index (χ3n) is 4.10. The van der Waals surface area contributed by atoms with Gasteiger partial charge in [-0.05, 0) is 58.1 Å². The van der Waals surface area contributed by atoms with Gasteiger partial charge in [-0.3, -0.25) is 0 Å². The molecule has 3 nitrogen and oxygen atoms in total. The van der Waals surface area contributed by atoms with Gasteiger partial charge in [-0.15, -0.1) is 0 Å². The highest BCUT2D eigenvalue weighted by atomic mass is 16.7. The van der Waals surface area contributed by atoms with Crippen molar-refractivity contribution in [2.45, 2.75) is 51.6 Å². The largest absolute Gasteiger partial charge is 0.497 e. The molecule has 0 amide bonds. The molecule has 1 saturated heterocycles. The van der Waals surface area contributed by atoms with E-state index in [1.165, 1.54) is 5.56 Å². The van der Waals surface area contributed by atoms with Crippen molar-refractivity contribution in [3.8, 4) is 5.75 Å². The summed E-state index contributed by atoms with van der Waals surface area (Å²) >= 11 is 0. The maximum absolute atomic E-state index is 5.99. The molecule has 0 atom stereocenters. The van der Waals surface area contributed by atoms with E-state index in [1.54, 1.807) is 7.11 Å². The first kappa shape index (κ1) is 14.4. The lowest BCUT2D eigenvalue weighted by Gasteiger charge is -2.32. The van der Waals surface area contributed by atoms with Crippen LogP contribution in [0.15, 0.2) is 24.3 Å². The Bertz CT molecular complexity index is 427. The number of benzene rings is 1. The molecule has 19 heavy (non-hydrogen) atoms. The number of rotatable bonds is 4. The van der Waals surface area contributed by atoms with Crippen molar-refractivity contribution in [1.82, 2.24) is 0 Å². The highest BCUT2D eigenvalue weighted by molar-refractivity contribution is 6.45. The highest BCUT2D eigenvalue weighted by Gasteiger charge is 2.50. The maximum Gasteiger partial charge on any atom is 0.458 e. The normalized spacial score (nSPS) is 20.6. The Balaban J connectivity index is 1.93. The van der Waals surface area contributed by atoms with E-state index < -0.39 is 0 Å². The Morgan fingerprint density at radius 2 is 1.74 bits per heavy atom. The van der Waals surface area contributed by atoms with Gasteiger partial charge in [0, 0.05) is 0 Å². The van der Waals surface area contributed by atoms with Crippen molar-refractivity contribution in [2.75, 3.05) is 7.11 Å². The minimum Gasteiger partial charge on any atom is -0.497 e. The third kappa shape index (κ3) is 3.12. The van der Waals surface area contributed by atoms with Crippen LogP contribution < -0.4 is 4.74 Å². The fraction of sp³-hybridized carbons (Fsp3) is 0.600. The van der Waals surface area contributed by atoms with Gasteiger partial charge in [0.05, 0.1) is 18.3 Å². The maximum atomic E-state index is 5.99. The van der Waals surface area contributed by atoms with Crippen LogP contribution in [-0.4, -0.2) is 25.4 Å². The molecule has 1 aromatic carbocycles. The van der Waals surface area contributed by atoms with Crippen molar-refractivity contribution >= 4 is 7.12 Å². The zero-order chi connectivity index (χ0) is 14.1. The second kappa shape index (κ2) is 5.18. The summed E-state index contributed by atoms with van der Waals surface area (Å²) in [6.07, 6.45) is 1.79. The fourth-order valence-electron chi connectivity index (χ4n) is 2.20. The van der Waals surface area contributed by atoms with E-state index in [0.29, 0.717) is 0 Å². The van der Waals surface area contributed by atoms with Gasteiger partial charge in [0.2, 0.25) is 0 Å². The lowest BCUT2D eigenvalue weighted by atomic mass is 9.81. The Morgan fingerprint density at radius 3 is 2.32 bits per heavy atom. The van der Waals surface area contributed by atoms with Gasteiger partial charge >= 0.3 is 7.12 Å². The molecule has 1 aliphatic heterocycles. The van der Waals surface area contributed by atoms with Gasteiger partial charge in [-0.25, -0.2) is 0 Å². The molecule has 2 rings (SSSR count). The standard InChI is InChI=1S/C15H23BO3/c1-14(2)15(3,4)19-16(18-14)10-9-12-7-6-8-13(11-12)17-5/h6-8,11H,9-10H2,1-5H3. The minimum atomic E-state index is -0.244. The fourth-order valence-corrected chi connectivity index (χ4v) is 2.20. The molecule has 0 radical (unpaired) electrons.